The van der Waals surface area contributed by atoms with Gasteiger partial charge in [-0.25, -0.2) is 0 Å². The largest absolute Gasteiger partial charge is 0.457 e. The fraction of sp³-hybridized carbons (Fsp3) is 0.444. The van der Waals surface area contributed by atoms with Crippen molar-refractivity contribution in [3.8, 4) is 0 Å². The predicted octanol–water partition coefficient (Wildman–Crippen LogP) is 0.987. The highest BCUT2D eigenvalue weighted by molar-refractivity contribution is 7.84. The lowest BCUT2D eigenvalue weighted by molar-refractivity contribution is 0.109. The summed E-state index contributed by atoms with van der Waals surface area (Å²) in [7, 11) is 0.570. The molecule has 5 heteroatoms. The maximum absolute atomic E-state index is 11.4. The fourth-order valence-corrected chi connectivity index (χ4v) is 1.91. The molecule has 14 heavy (non-hydrogen) atoms. The zero-order valence-electron chi connectivity index (χ0n) is 7.89. The predicted molar refractivity (Wildman–Crippen MR) is 52.7 cm³/mol. The molecule has 1 rings (SSSR count). The van der Waals surface area contributed by atoms with Crippen LogP contribution < -0.4 is 0 Å². The molecule has 0 saturated heterocycles. The second-order valence-electron chi connectivity index (χ2n) is 2.70. The Bertz CT molecular complexity index is 318. The van der Waals surface area contributed by atoms with Gasteiger partial charge in [0.15, 0.2) is 12.0 Å². The molecule has 0 aliphatic carbocycles. The number of carbonyl (C=O) groups is 1. The minimum absolute atomic E-state index is 0.267. The first kappa shape index (κ1) is 11.1. The highest BCUT2D eigenvalue weighted by atomic mass is 32.2. The molecule has 0 fully saturated rings. The van der Waals surface area contributed by atoms with Crippen LogP contribution in [0.3, 0.4) is 0 Å². The van der Waals surface area contributed by atoms with Gasteiger partial charge in [0, 0.05) is 23.7 Å². The summed E-state index contributed by atoms with van der Waals surface area (Å²) in [4.78, 5) is 10.3. The van der Waals surface area contributed by atoms with Gasteiger partial charge < -0.3 is 9.15 Å². The topological polar surface area (TPSA) is 56.5 Å². The minimum atomic E-state index is -0.994. The number of hydrogen-bond acceptors (Lipinski definition) is 4. The van der Waals surface area contributed by atoms with Crippen molar-refractivity contribution >= 4 is 17.1 Å². The Morgan fingerprint density at radius 2 is 2.36 bits per heavy atom. The Hall–Kier alpha value is -0.940. The van der Waals surface area contributed by atoms with E-state index in [1.54, 1.807) is 19.2 Å². The van der Waals surface area contributed by atoms with E-state index in [2.05, 4.69) is 0 Å². The lowest BCUT2D eigenvalue weighted by Crippen LogP contribution is -2.05. The average molecular weight is 216 g/mol. The van der Waals surface area contributed by atoms with Gasteiger partial charge in [-0.15, -0.1) is 0 Å². The number of hydrogen-bond donors (Lipinski definition) is 0. The second-order valence-corrected chi connectivity index (χ2v) is 4.28. The first-order valence-corrected chi connectivity index (χ1v) is 5.63. The van der Waals surface area contributed by atoms with Crippen LogP contribution in [0.1, 0.15) is 16.3 Å². The Balaban J connectivity index is 2.43. The van der Waals surface area contributed by atoms with Gasteiger partial charge in [0.1, 0.15) is 5.76 Å². The minimum Gasteiger partial charge on any atom is -0.457 e. The van der Waals surface area contributed by atoms with E-state index in [-0.39, 0.29) is 5.76 Å². The summed E-state index contributed by atoms with van der Waals surface area (Å²) in [5.41, 5.74) is 0. The van der Waals surface area contributed by atoms with Crippen molar-refractivity contribution in [2.24, 2.45) is 0 Å². The van der Waals surface area contributed by atoms with E-state index in [0.29, 0.717) is 30.2 Å². The van der Waals surface area contributed by atoms with Gasteiger partial charge in [-0.05, 0) is 12.1 Å². The summed E-state index contributed by atoms with van der Waals surface area (Å²) in [5, 5.41) is 0. The smallest absolute Gasteiger partial charge is 0.185 e. The summed E-state index contributed by atoms with van der Waals surface area (Å²) in [6.45, 7) is 0.466. The summed E-state index contributed by atoms with van der Waals surface area (Å²) >= 11 is 0. The van der Waals surface area contributed by atoms with E-state index < -0.39 is 10.8 Å². The van der Waals surface area contributed by atoms with Crippen molar-refractivity contribution in [1.82, 2.24) is 0 Å². The first-order chi connectivity index (χ1) is 6.76. The van der Waals surface area contributed by atoms with Crippen LogP contribution in [0.15, 0.2) is 16.5 Å². The van der Waals surface area contributed by atoms with Gasteiger partial charge >= 0.3 is 0 Å². The third kappa shape index (κ3) is 3.43. The first-order valence-electron chi connectivity index (χ1n) is 4.14. The zero-order valence-corrected chi connectivity index (χ0v) is 8.71. The molecule has 0 radical (unpaired) electrons. The SMILES string of the molecule is COCCS(=O)Cc1ccc(C=O)o1. The summed E-state index contributed by atoms with van der Waals surface area (Å²) < 4.78 is 21.2. The maximum Gasteiger partial charge on any atom is 0.185 e. The van der Waals surface area contributed by atoms with E-state index in [1.165, 1.54) is 0 Å². The number of furan rings is 1. The summed E-state index contributed by atoms with van der Waals surface area (Å²) in [6, 6.07) is 3.23. The van der Waals surface area contributed by atoms with E-state index >= 15 is 0 Å². The van der Waals surface area contributed by atoms with Crippen molar-refractivity contribution in [2.75, 3.05) is 19.5 Å². The fourth-order valence-electron chi connectivity index (χ4n) is 0.943. The molecule has 0 saturated carbocycles. The molecular formula is C9H12O4S. The molecule has 1 aromatic rings. The average Bonchev–Trinajstić information content (AvgIpc) is 2.62. The van der Waals surface area contributed by atoms with Gasteiger partial charge in [0.2, 0.25) is 0 Å². The van der Waals surface area contributed by atoms with Crippen LogP contribution in [0, 0.1) is 0 Å². The lowest BCUT2D eigenvalue weighted by atomic mass is 10.4. The molecule has 1 heterocycles. The normalized spacial score (nSPS) is 12.6. The van der Waals surface area contributed by atoms with Crippen molar-refractivity contribution in [3.63, 3.8) is 0 Å². The third-order valence-corrected chi connectivity index (χ3v) is 2.85. The Kier molecular flexibility index (Phi) is 4.55. The molecule has 0 spiro atoms. The molecule has 78 valence electrons. The molecule has 1 atom stereocenters. The Morgan fingerprint density at radius 1 is 1.57 bits per heavy atom. The number of methoxy groups -OCH3 is 1. The van der Waals surface area contributed by atoms with Crippen LogP contribution in [0.5, 0.6) is 0 Å². The number of rotatable bonds is 6. The van der Waals surface area contributed by atoms with Gasteiger partial charge in [0.05, 0.1) is 12.4 Å². The van der Waals surface area contributed by atoms with Crippen molar-refractivity contribution < 1.29 is 18.2 Å². The zero-order chi connectivity index (χ0) is 10.4. The van der Waals surface area contributed by atoms with Gasteiger partial charge in [-0.2, -0.15) is 0 Å². The molecule has 1 unspecified atom stereocenters. The van der Waals surface area contributed by atoms with Crippen LogP contribution in [0.25, 0.3) is 0 Å². The number of carbonyl (C=O) groups excluding carboxylic acids is 1. The molecule has 0 bridgehead atoms. The van der Waals surface area contributed by atoms with Crippen LogP contribution >= 0.6 is 0 Å². The van der Waals surface area contributed by atoms with Crippen LogP contribution in [-0.4, -0.2) is 30.0 Å². The number of ether oxygens (including phenoxy) is 1. The van der Waals surface area contributed by atoms with E-state index in [9.17, 15) is 9.00 Å². The van der Waals surface area contributed by atoms with Crippen molar-refractivity contribution in [3.05, 3.63) is 23.7 Å². The van der Waals surface area contributed by atoms with Gasteiger partial charge in [-0.3, -0.25) is 9.00 Å². The Labute approximate surface area is 84.7 Å². The van der Waals surface area contributed by atoms with E-state index in [4.69, 9.17) is 9.15 Å². The van der Waals surface area contributed by atoms with Crippen molar-refractivity contribution in [1.29, 1.82) is 0 Å². The molecule has 0 aliphatic rings. The van der Waals surface area contributed by atoms with E-state index in [1.807, 2.05) is 0 Å². The lowest BCUT2D eigenvalue weighted by Gasteiger charge is -1.98. The highest BCUT2D eigenvalue weighted by Gasteiger charge is 2.05. The highest BCUT2D eigenvalue weighted by Crippen LogP contribution is 2.08. The Morgan fingerprint density at radius 3 is 2.93 bits per heavy atom. The molecule has 0 aromatic carbocycles. The quantitative estimate of drug-likeness (QED) is 0.665. The summed E-state index contributed by atoms with van der Waals surface area (Å²) in [5.74, 6) is 1.65. The van der Waals surface area contributed by atoms with Crippen LogP contribution in [-0.2, 0) is 21.3 Å². The molecule has 0 N–H and O–H groups in total. The van der Waals surface area contributed by atoms with E-state index in [0.717, 1.165) is 0 Å². The monoisotopic (exact) mass is 216 g/mol. The standard InChI is InChI=1S/C9H12O4S/c1-12-4-5-14(11)7-9-3-2-8(6-10)13-9/h2-3,6H,4-5,7H2,1H3. The second kappa shape index (κ2) is 5.72. The molecule has 1 aromatic heterocycles. The molecule has 4 nitrogen and oxygen atoms in total. The summed E-state index contributed by atoms with van der Waals surface area (Å²) in [6.07, 6.45) is 0.627. The van der Waals surface area contributed by atoms with Gasteiger partial charge in [-0.1, -0.05) is 0 Å². The molecule has 0 amide bonds. The third-order valence-electron chi connectivity index (χ3n) is 1.62. The number of aldehydes is 1. The molecule has 0 aliphatic heterocycles. The molecular weight excluding hydrogens is 204 g/mol. The van der Waals surface area contributed by atoms with Crippen molar-refractivity contribution in [2.45, 2.75) is 5.75 Å². The van der Waals surface area contributed by atoms with Crippen LogP contribution in [0.4, 0.5) is 0 Å². The maximum atomic E-state index is 11.4. The van der Waals surface area contributed by atoms with Gasteiger partial charge in [0.25, 0.3) is 0 Å². The van der Waals surface area contributed by atoms with Crippen LogP contribution in [0.2, 0.25) is 0 Å².